The summed E-state index contributed by atoms with van der Waals surface area (Å²) in [5.74, 6) is 1.07. The highest BCUT2D eigenvalue weighted by molar-refractivity contribution is 7.19. The Bertz CT molecular complexity index is 728. The number of fused-ring (bicyclic) bond motifs is 3. The van der Waals surface area contributed by atoms with Crippen LogP contribution in [0.5, 0.6) is 0 Å². The number of aryl methyl sites for hydroxylation is 1. The van der Waals surface area contributed by atoms with E-state index in [0.717, 1.165) is 12.2 Å². The molecule has 2 aromatic rings. The summed E-state index contributed by atoms with van der Waals surface area (Å²) in [6, 6.07) is 1.23. The second-order valence-electron chi connectivity index (χ2n) is 8.23. The van der Waals surface area contributed by atoms with E-state index in [9.17, 15) is 0 Å². The first-order valence-corrected chi connectivity index (χ1v) is 10.1. The maximum Gasteiger partial charge on any atom is 0.138 e. The minimum atomic E-state index is 0.388. The molecule has 0 saturated heterocycles. The molecule has 2 heterocycles. The molecule has 2 N–H and O–H groups in total. The lowest BCUT2D eigenvalue weighted by Gasteiger charge is -2.31. The van der Waals surface area contributed by atoms with E-state index in [2.05, 4.69) is 41.5 Å². The highest BCUT2D eigenvalue weighted by Crippen LogP contribution is 2.44. The highest BCUT2D eigenvalue weighted by atomic mass is 32.1. The van der Waals surface area contributed by atoms with Crippen LogP contribution in [0.2, 0.25) is 0 Å². The zero-order chi connectivity index (χ0) is 16.7. The summed E-state index contributed by atoms with van der Waals surface area (Å²) in [4.78, 5) is 11.9. The van der Waals surface area contributed by atoms with Crippen molar-refractivity contribution < 1.29 is 0 Å². The molecule has 1 saturated carbocycles. The molecule has 0 aromatic carbocycles. The van der Waals surface area contributed by atoms with E-state index in [1.54, 1.807) is 6.33 Å². The molecule has 1 fully saturated rings. The molecule has 0 atom stereocenters. The molecule has 130 valence electrons. The normalized spacial score (nSPS) is 26.3. The van der Waals surface area contributed by atoms with E-state index in [1.165, 1.54) is 59.2 Å². The quantitative estimate of drug-likeness (QED) is 0.878. The number of rotatable bonds is 3. The lowest BCUT2D eigenvalue weighted by atomic mass is 9.76. The molecule has 2 aliphatic carbocycles. The predicted octanol–water partition coefficient (Wildman–Crippen LogP) is 4.15. The van der Waals surface area contributed by atoms with Crippen molar-refractivity contribution in [3.8, 4) is 0 Å². The largest absolute Gasteiger partial charge is 0.367 e. The second-order valence-corrected chi connectivity index (χ2v) is 9.31. The van der Waals surface area contributed by atoms with Crippen molar-refractivity contribution in [1.82, 2.24) is 15.3 Å². The summed E-state index contributed by atoms with van der Waals surface area (Å²) in [7, 11) is 2.08. The maximum absolute atomic E-state index is 4.64. The van der Waals surface area contributed by atoms with Gasteiger partial charge in [-0.25, -0.2) is 9.97 Å². The maximum atomic E-state index is 4.64. The summed E-state index contributed by atoms with van der Waals surface area (Å²) in [6.45, 7) is 4.77. The third kappa shape index (κ3) is 3.04. The van der Waals surface area contributed by atoms with Gasteiger partial charge in [-0.05, 0) is 63.0 Å². The molecule has 5 heteroatoms. The first kappa shape index (κ1) is 16.3. The Labute approximate surface area is 148 Å². The summed E-state index contributed by atoms with van der Waals surface area (Å²) < 4.78 is 0. The summed E-state index contributed by atoms with van der Waals surface area (Å²) >= 11 is 1.88. The molecule has 0 radical (unpaired) electrons. The van der Waals surface area contributed by atoms with Gasteiger partial charge in [0.2, 0.25) is 0 Å². The van der Waals surface area contributed by atoms with Gasteiger partial charge < -0.3 is 10.6 Å². The third-order valence-electron chi connectivity index (χ3n) is 5.83. The van der Waals surface area contributed by atoms with Gasteiger partial charge in [0, 0.05) is 17.0 Å². The number of nitrogens with one attached hydrogen (secondary N) is 2. The van der Waals surface area contributed by atoms with Gasteiger partial charge in [-0.1, -0.05) is 13.8 Å². The van der Waals surface area contributed by atoms with Crippen LogP contribution >= 0.6 is 11.3 Å². The summed E-state index contributed by atoms with van der Waals surface area (Å²) in [5, 5.41) is 8.48. The fourth-order valence-corrected chi connectivity index (χ4v) is 5.43. The van der Waals surface area contributed by atoms with E-state index >= 15 is 0 Å². The van der Waals surface area contributed by atoms with Crippen molar-refractivity contribution in [3.05, 3.63) is 16.8 Å². The fraction of sp³-hybridized carbons (Fsp3) is 0.684. The van der Waals surface area contributed by atoms with Gasteiger partial charge in [0.15, 0.2) is 0 Å². The van der Waals surface area contributed by atoms with E-state index in [1.807, 2.05) is 11.3 Å². The van der Waals surface area contributed by atoms with Gasteiger partial charge in [-0.3, -0.25) is 0 Å². The Balaban J connectivity index is 1.63. The number of aromatic nitrogens is 2. The van der Waals surface area contributed by atoms with Crippen LogP contribution in [0.15, 0.2) is 6.33 Å². The van der Waals surface area contributed by atoms with E-state index in [-0.39, 0.29) is 0 Å². The average Bonchev–Trinajstić information content (AvgIpc) is 2.93. The van der Waals surface area contributed by atoms with Crippen LogP contribution in [-0.2, 0) is 12.8 Å². The van der Waals surface area contributed by atoms with Crippen molar-refractivity contribution in [2.24, 2.45) is 5.41 Å². The van der Waals surface area contributed by atoms with Gasteiger partial charge in [-0.2, -0.15) is 0 Å². The molecule has 0 spiro atoms. The van der Waals surface area contributed by atoms with Gasteiger partial charge in [0.25, 0.3) is 0 Å². The third-order valence-corrected chi connectivity index (χ3v) is 7.03. The molecule has 24 heavy (non-hydrogen) atoms. The standard InChI is InChI=1S/C19H28N4S/c1-19(2)9-8-15-14(10-19)16-17(21-11-22-18(16)24-15)23-13-6-4-12(20-3)5-7-13/h11-13,20H,4-10H2,1-3H3,(H,21,22,23). The minimum Gasteiger partial charge on any atom is -0.367 e. The topological polar surface area (TPSA) is 49.8 Å². The van der Waals surface area contributed by atoms with Crippen molar-refractivity contribution in [3.63, 3.8) is 0 Å². The molecule has 2 aliphatic rings. The van der Waals surface area contributed by atoms with Crippen molar-refractivity contribution in [2.45, 2.75) is 70.9 Å². The van der Waals surface area contributed by atoms with Crippen molar-refractivity contribution in [1.29, 1.82) is 0 Å². The van der Waals surface area contributed by atoms with Gasteiger partial charge in [0.1, 0.15) is 17.0 Å². The first-order chi connectivity index (χ1) is 11.6. The SMILES string of the molecule is CNC1CCC(Nc2ncnc3sc4c(c23)CC(C)(C)CC4)CC1. The molecule has 4 rings (SSSR count). The average molecular weight is 345 g/mol. The van der Waals surface area contributed by atoms with E-state index in [4.69, 9.17) is 0 Å². The summed E-state index contributed by atoms with van der Waals surface area (Å²) in [5.41, 5.74) is 1.90. The second kappa shape index (κ2) is 6.26. The zero-order valence-electron chi connectivity index (χ0n) is 15.0. The molecular weight excluding hydrogens is 316 g/mol. The van der Waals surface area contributed by atoms with Crippen LogP contribution in [0.3, 0.4) is 0 Å². The first-order valence-electron chi connectivity index (χ1n) is 9.25. The van der Waals surface area contributed by atoms with Crippen LogP contribution in [0, 0.1) is 5.41 Å². The van der Waals surface area contributed by atoms with Gasteiger partial charge in [-0.15, -0.1) is 11.3 Å². The number of nitrogens with zero attached hydrogens (tertiary/aromatic N) is 2. The number of anilines is 1. The number of hydrogen-bond acceptors (Lipinski definition) is 5. The molecule has 2 aromatic heterocycles. The smallest absolute Gasteiger partial charge is 0.138 e. The number of hydrogen-bond donors (Lipinski definition) is 2. The van der Waals surface area contributed by atoms with Crippen LogP contribution in [0.4, 0.5) is 5.82 Å². The lowest BCUT2D eigenvalue weighted by Crippen LogP contribution is -2.35. The molecule has 4 nitrogen and oxygen atoms in total. The monoisotopic (exact) mass is 344 g/mol. The molecule has 0 bridgehead atoms. The Morgan fingerprint density at radius 3 is 2.62 bits per heavy atom. The van der Waals surface area contributed by atoms with Crippen molar-refractivity contribution >= 4 is 27.4 Å². The Kier molecular flexibility index (Phi) is 4.25. The molecule has 0 unspecified atom stereocenters. The highest BCUT2D eigenvalue weighted by Gasteiger charge is 2.30. The van der Waals surface area contributed by atoms with E-state index in [0.29, 0.717) is 17.5 Å². The van der Waals surface area contributed by atoms with E-state index < -0.39 is 0 Å². The molecule has 0 amide bonds. The lowest BCUT2D eigenvalue weighted by molar-refractivity contribution is 0.319. The van der Waals surface area contributed by atoms with Gasteiger partial charge in [0.05, 0.1) is 5.39 Å². The van der Waals surface area contributed by atoms with Crippen LogP contribution in [-0.4, -0.2) is 29.1 Å². The van der Waals surface area contributed by atoms with Crippen LogP contribution in [0.25, 0.3) is 10.2 Å². The van der Waals surface area contributed by atoms with Crippen molar-refractivity contribution in [2.75, 3.05) is 12.4 Å². The minimum absolute atomic E-state index is 0.388. The Morgan fingerprint density at radius 1 is 1.12 bits per heavy atom. The fourth-order valence-electron chi connectivity index (χ4n) is 4.27. The predicted molar refractivity (Wildman–Crippen MR) is 102 cm³/mol. The number of thiophene rings is 1. The van der Waals surface area contributed by atoms with Crippen LogP contribution in [0.1, 0.15) is 56.4 Å². The molecular formula is C19H28N4S. The Hall–Kier alpha value is -1.20. The summed E-state index contributed by atoms with van der Waals surface area (Å²) in [6.07, 6.45) is 10.3. The van der Waals surface area contributed by atoms with Crippen LogP contribution < -0.4 is 10.6 Å². The molecule has 0 aliphatic heterocycles. The van der Waals surface area contributed by atoms with Gasteiger partial charge >= 0.3 is 0 Å². The Morgan fingerprint density at radius 2 is 1.88 bits per heavy atom. The zero-order valence-corrected chi connectivity index (χ0v) is 15.8.